The van der Waals surface area contributed by atoms with Crippen LogP contribution in [0, 0.1) is 11.6 Å². The minimum Gasteiger partial charge on any atom is -0.353 e. The summed E-state index contributed by atoms with van der Waals surface area (Å²) in [7, 11) is 0. The van der Waals surface area contributed by atoms with E-state index < -0.39 is 23.6 Å². The van der Waals surface area contributed by atoms with E-state index in [0.717, 1.165) is 23.8 Å². The summed E-state index contributed by atoms with van der Waals surface area (Å²) in [4.78, 5) is 26.2. The molecular formula is C18H16F2N2O2. The number of carbonyl (C=O) groups is 2. The van der Waals surface area contributed by atoms with Crippen molar-refractivity contribution in [3.05, 3.63) is 71.3 Å². The van der Waals surface area contributed by atoms with Crippen LogP contribution in [-0.4, -0.2) is 35.8 Å². The third kappa shape index (κ3) is 3.27. The fraction of sp³-hybridized carbons (Fsp3) is 0.222. The summed E-state index contributed by atoms with van der Waals surface area (Å²) in [6, 6.07) is 11.2. The Morgan fingerprint density at radius 2 is 1.92 bits per heavy atom. The molecule has 1 aliphatic rings. The Kier molecular flexibility index (Phi) is 4.55. The van der Waals surface area contributed by atoms with Crippen LogP contribution in [0.3, 0.4) is 0 Å². The summed E-state index contributed by atoms with van der Waals surface area (Å²) in [6.07, 6.45) is 0.315. The first-order valence-electron chi connectivity index (χ1n) is 7.64. The van der Waals surface area contributed by atoms with Gasteiger partial charge in [-0.3, -0.25) is 9.59 Å². The number of rotatable bonds is 3. The molecule has 0 radical (unpaired) electrons. The molecule has 1 unspecified atom stereocenters. The van der Waals surface area contributed by atoms with Crippen LogP contribution >= 0.6 is 0 Å². The number of amides is 2. The van der Waals surface area contributed by atoms with E-state index >= 15 is 0 Å². The topological polar surface area (TPSA) is 49.4 Å². The molecule has 0 aliphatic carbocycles. The van der Waals surface area contributed by atoms with Crippen molar-refractivity contribution in [2.45, 2.75) is 12.5 Å². The van der Waals surface area contributed by atoms with Gasteiger partial charge in [-0.15, -0.1) is 0 Å². The first-order chi connectivity index (χ1) is 11.6. The molecule has 1 atom stereocenters. The molecule has 0 aromatic heterocycles. The molecular weight excluding hydrogens is 314 g/mol. The number of hydrogen-bond donors (Lipinski definition) is 1. The van der Waals surface area contributed by atoms with Crippen molar-refractivity contribution in [2.24, 2.45) is 0 Å². The second-order valence-corrected chi connectivity index (χ2v) is 5.62. The number of piperazine rings is 1. The van der Waals surface area contributed by atoms with Gasteiger partial charge in [0.15, 0.2) is 0 Å². The maximum atomic E-state index is 13.9. The molecule has 1 aliphatic heterocycles. The van der Waals surface area contributed by atoms with Gasteiger partial charge in [0.1, 0.15) is 17.7 Å². The molecule has 6 heteroatoms. The van der Waals surface area contributed by atoms with Crippen molar-refractivity contribution in [1.82, 2.24) is 10.2 Å². The van der Waals surface area contributed by atoms with E-state index in [0.29, 0.717) is 6.42 Å². The molecule has 2 aromatic carbocycles. The third-order valence-electron chi connectivity index (χ3n) is 4.02. The van der Waals surface area contributed by atoms with Crippen molar-refractivity contribution >= 4 is 11.8 Å². The molecule has 124 valence electrons. The van der Waals surface area contributed by atoms with Crippen LogP contribution in [0.2, 0.25) is 0 Å². The quantitative estimate of drug-likeness (QED) is 0.937. The minimum atomic E-state index is -0.800. The number of nitrogens with one attached hydrogen (secondary N) is 1. The molecule has 0 bridgehead atoms. The van der Waals surface area contributed by atoms with Crippen molar-refractivity contribution < 1.29 is 18.4 Å². The molecule has 24 heavy (non-hydrogen) atoms. The Labute approximate surface area is 138 Å². The van der Waals surface area contributed by atoms with E-state index in [1.165, 1.54) is 4.90 Å². The highest BCUT2D eigenvalue weighted by Gasteiger charge is 2.34. The van der Waals surface area contributed by atoms with Gasteiger partial charge in [-0.1, -0.05) is 30.3 Å². The van der Waals surface area contributed by atoms with Crippen molar-refractivity contribution in [2.75, 3.05) is 13.1 Å². The molecule has 0 spiro atoms. The Hall–Kier alpha value is -2.76. The lowest BCUT2D eigenvalue weighted by Crippen LogP contribution is -2.58. The van der Waals surface area contributed by atoms with Crippen LogP contribution in [0.25, 0.3) is 0 Å². The number of carbonyl (C=O) groups excluding carboxylic acids is 2. The van der Waals surface area contributed by atoms with Gasteiger partial charge in [-0.2, -0.15) is 0 Å². The molecule has 3 rings (SSSR count). The molecule has 2 amide bonds. The lowest BCUT2D eigenvalue weighted by Gasteiger charge is -2.35. The molecule has 2 aromatic rings. The predicted octanol–water partition coefficient (Wildman–Crippen LogP) is 2.15. The standard InChI is InChI=1S/C18H16F2N2O2/c19-13-6-7-15(20)14(11-13)18(24)22-9-8-21-17(23)16(22)10-12-4-2-1-3-5-12/h1-7,11,16H,8-10H2,(H,21,23). The summed E-state index contributed by atoms with van der Waals surface area (Å²) in [5.74, 6) is -2.47. The van der Waals surface area contributed by atoms with E-state index in [4.69, 9.17) is 0 Å². The Bertz CT molecular complexity index is 765. The Balaban J connectivity index is 1.89. The van der Waals surface area contributed by atoms with Crippen LogP contribution in [0.4, 0.5) is 8.78 Å². The second kappa shape index (κ2) is 6.78. The number of benzene rings is 2. The molecule has 1 N–H and O–H groups in total. The Morgan fingerprint density at radius 3 is 2.67 bits per heavy atom. The first kappa shape index (κ1) is 16.1. The van der Waals surface area contributed by atoms with E-state index in [1.807, 2.05) is 30.3 Å². The van der Waals surface area contributed by atoms with Gasteiger partial charge >= 0.3 is 0 Å². The lowest BCUT2D eigenvalue weighted by molar-refractivity contribution is -0.127. The molecule has 4 nitrogen and oxygen atoms in total. The largest absolute Gasteiger partial charge is 0.353 e. The van der Waals surface area contributed by atoms with E-state index in [2.05, 4.69) is 5.32 Å². The zero-order valence-electron chi connectivity index (χ0n) is 12.8. The first-order valence-corrected chi connectivity index (χ1v) is 7.64. The Morgan fingerprint density at radius 1 is 1.17 bits per heavy atom. The van der Waals surface area contributed by atoms with Gasteiger partial charge in [0.05, 0.1) is 5.56 Å². The van der Waals surface area contributed by atoms with Gasteiger partial charge < -0.3 is 10.2 Å². The average Bonchev–Trinajstić information content (AvgIpc) is 2.59. The molecule has 0 saturated carbocycles. The van der Waals surface area contributed by atoms with Gasteiger partial charge in [-0.05, 0) is 23.8 Å². The number of nitrogens with zero attached hydrogens (tertiary/aromatic N) is 1. The summed E-state index contributed by atoms with van der Waals surface area (Å²) < 4.78 is 27.3. The molecule has 1 fully saturated rings. The summed E-state index contributed by atoms with van der Waals surface area (Å²) in [5.41, 5.74) is 0.528. The highest BCUT2D eigenvalue weighted by atomic mass is 19.1. The van der Waals surface area contributed by atoms with Gasteiger partial charge in [0.2, 0.25) is 5.91 Å². The zero-order chi connectivity index (χ0) is 17.1. The maximum Gasteiger partial charge on any atom is 0.257 e. The third-order valence-corrected chi connectivity index (χ3v) is 4.02. The lowest BCUT2D eigenvalue weighted by atomic mass is 10.0. The second-order valence-electron chi connectivity index (χ2n) is 5.62. The van der Waals surface area contributed by atoms with Gasteiger partial charge in [-0.25, -0.2) is 8.78 Å². The fourth-order valence-corrected chi connectivity index (χ4v) is 2.81. The van der Waals surface area contributed by atoms with Crippen LogP contribution in [0.5, 0.6) is 0 Å². The summed E-state index contributed by atoms with van der Waals surface area (Å²) in [6.45, 7) is 0.533. The van der Waals surface area contributed by atoms with E-state index in [9.17, 15) is 18.4 Å². The number of hydrogen-bond acceptors (Lipinski definition) is 2. The zero-order valence-corrected chi connectivity index (χ0v) is 12.8. The minimum absolute atomic E-state index is 0.248. The normalized spacial score (nSPS) is 17.5. The van der Waals surface area contributed by atoms with Gasteiger partial charge in [0, 0.05) is 19.5 Å². The molecule has 1 heterocycles. The fourth-order valence-electron chi connectivity index (χ4n) is 2.81. The average molecular weight is 330 g/mol. The molecule has 1 saturated heterocycles. The van der Waals surface area contributed by atoms with Gasteiger partial charge in [0.25, 0.3) is 5.91 Å². The van der Waals surface area contributed by atoms with Crippen molar-refractivity contribution in [3.63, 3.8) is 0 Å². The summed E-state index contributed by atoms with van der Waals surface area (Å²) in [5, 5.41) is 2.71. The summed E-state index contributed by atoms with van der Waals surface area (Å²) >= 11 is 0. The SMILES string of the molecule is O=C1NCCN(C(=O)c2cc(F)ccc2F)C1Cc1ccccc1. The van der Waals surface area contributed by atoms with Crippen LogP contribution in [0.15, 0.2) is 48.5 Å². The maximum absolute atomic E-state index is 13.9. The van der Waals surface area contributed by atoms with E-state index in [1.54, 1.807) is 0 Å². The number of halogens is 2. The van der Waals surface area contributed by atoms with Crippen molar-refractivity contribution in [1.29, 1.82) is 0 Å². The predicted molar refractivity (Wildman–Crippen MR) is 84.3 cm³/mol. The monoisotopic (exact) mass is 330 g/mol. The highest BCUT2D eigenvalue weighted by Crippen LogP contribution is 2.18. The smallest absolute Gasteiger partial charge is 0.257 e. The van der Waals surface area contributed by atoms with Crippen molar-refractivity contribution in [3.8, 4) is 0 Å². The van der Waals surface area contributed by atoms with Crippen LogP contribution < -0.4 is 5.32 Å². The highest BCUT2D eigenvalue weighted by molar-refractivity contribution is 5.98. The van der Waals surface area contributed by atoms with Crippen LogP contribution in [0.1, 0.15) is 15.9 Å². The van der Waals surface area contributed by atoms with Crippen LogP contribution in [-0.2, 0) is 11.2 Å². The van der Waals surface area contributed by atoms with E-state index in [-0.39, 0.29) is 24.6 Å².